The van der Waals surface area contributed by atoms with Crippen molar-refractivity contribution in [3.05, 3.63) is 40.9 Å². The van der Waals surface area contributed by atoms with E-state index in [1.165, 1.54) is 16.9 Å². The van der Waals surface area contributed by atoms with Crippen LogP contribution in [0.1, 0.15) is 17.7 Å². The zero-order valence-corrected chi connectivity index (χ0v) is 15.6. The molecule has 0 saturated carbocycles. The highest BCUT2D eigenvalue weighted by molar-refractivity contribution is 7.99. The summed E-state index contributed by atoms with van der Waals surface area (Å²) in [7, 11) is 0. The van der Waals surface area contributed by atoms with Gasteiger partial charge < -0.3 is 10.0 Å². The van der Waals surface area contributed by atoms with Gasteiger partial charge in [0.25, 0.3) is 0 Å². The molecule has 1 N–H and O–H groups in total. The van der Waals surface area contributed by atoms with E-state index in [1.54, 1.807) is 16.7 Å². The monoisotopic (exact) mass is 376 g/mol. The number of carbonyl (C=O) groups is 2. The summed E-state index contributed by atoms with van der Waals surface area (Å²) in [5.74, 6) is 0.644. The van der Waals surface area contributed by atoms with E-state index in [-0.39, 0.29) is 24.8 Å². The minimum atomic E-state index is -0.861. The molecule has 1 aliphatic heterocycles. The maximum absolute atomic E-state index is 12.6. The normalized spacial score (nSPS) is 17.5. The molecule has 1 saturated heterocycles. The second-order valence-corrected chi connectivity index (χ2v) is 8.11. The molecule has 0 spiro atoms. The van der Waals surface area contributed by atoms with Gasteiger partial charge in [0.05, 0.1) is 24.6 Å². The molecule has 0 radical (unpaired) electrons. The number of benzene rings is 1. The van der Waals surface area contributed by atoms with Gasteiger partial charge in [0, 0.05) is 29.0 Å². The summed E-state index contributed by atoms with van der Waals surface area (Å²) in [6.07, 6.45) is 0.230. The Morgan fingerprint density at radius 3 is 2.80 bits per heavy atom. The van der Waals surface area contributed by atoms with Gasteiger partial charge in [0.2, 0.25) is 5.91 Å². The lowest BCUT2D eigenvalue weighted by Gasteiger charge is -2.34. The largest absolute Gasteiger partial charge is 0.481 e. The molecule has 132 valence electrons. The maximum Gasteiger partial charge on any atom is 0.305 e. The Bertz CT molecular complexity index is 758. The predicted molar refractivity (Wildman–Crippen MR) is 101 cm³/mol. The van der Waals surface area contributed by atoms with Crippen LogP contribution in [0.5, 0.6) is 0 Å². The van der Waals surface area contributed by atoms with Crippen LogP contribution in [-0.2, 0) is 16.0 Å². The third-order valence-electron chi connectivity index (χ3n) is 4.14. The Morgan fingerprint density at radius 2 is 2.08 bits per heavy atom. The Balaban J connectivity index is 1.68. The van der Waals surface area contributed by atoms with Crippen LogP contribution in [0.25, 0.3) is 10.6 Å². The van der Waals surface area contributed by atoms with Crippen LogP contribution in [0.4, 0.5) is 0 Å². The summed E-state index contributed by atoms with van der Waals surface area (Å²) in [6, 6.07) is 7.93. The first-order valence-corrected chi connectivity index (χ1v) is 10.2. The van der Waals surface area contributed by atoms with E-state index < -0.39 is 5.97 Å². The molecule has 2 heterocycles. The smallest absolute Gasteiger partial charge is 0.305 e. The highest BCUT2D eigenvalue weighted by Gasteiger charge is 2.29. The first-order valence-electron chi connectivity index (χ1n) is 8.13. The quantitative estimate of drug-likeness (QED) is 0.868. The molecule has 0 aliphatic carbocycles. The van der Waals surface area contributed by atoms with Crippen LogP contribution in [0.2, 0.25) is 0 Å². The van der Waals surface area contributed by atoms with E-state index >= 15 is 0 Å². The van der Waals surface area contributed by atoms with Gasteiger partial charge in [-0.05, 0) is 6.92 Å². The minimum absolute atomic E-state index is 0.00439. The van der Waals surface area contributed by atoms with E-state index in [0.29, 0.717) is 12.3 Å². The van der Waals surface area contributed by atoms with E-state index in [2.05, 4.69) is 4.98 Å². The summed E-state index contributed by atoms with van der Waals surface area (Å²) in [5, 5.41) is 11.9. The molecule has 1 fully saturated rings. The predicted octanol–water partition coefficient (Wildman–Crippen LogP) is 3.08. The van der Waals surface area contributed by atoms with Crippen LogP contribution < -0.4 is 0 Å². The van der Waals surface area contributed by atoms with Gasteiger partial charge in [-0.2, -0.15) is 11.8 Å². The van der Waals surface area contributed by atoms with Crippen LogP contribution in [0.15, 0.2) is 29.6 Å². The number of aliphatic carboxylic acids is 1. The fourth-order valence-electron chi connectivity index (χ4n) is 2.83. The van der Waals surface area contributed by atoms with Gasteiger partial charge in [0.1, 0.15) is 5.01 Å². The number of aryl methyl sites for hydroxylation is 1. The molecule has 1 aromatic heterocycles. The molecule has 1 unspecified atom stereocenters. The van der Waals surface area contributed by atoms with Crippen molar-refractivity contribution >= 4 is 35.0 Å². The lowest BCUT2D eigenvalue weighted by molar-refractivity contribution is -0.140. The number of carboxylic acids is 1. The summed E-state index contributed by atoms with van der Waals surface area (Å²) >= 11 is 3.23. The fourth-order valence-corrected chi connectivity index (χ4v) is 4.72. The number of thioether (sulfide) groups is 1. The molecule has 25 heavy (non-hydrogen) atoms. The van der Waals surface area contributed by atoms with E-state index in [9.17, 15) is 9.59 Å². The van der Waals surface area contributed by atoms with Gasteiger partial charge in [-0.25, -0.2) is 4.98 Å². The van der Waals surface area contributed by atoms with Gasteiger partial charge in [0.15, 0.2) is 0 Å². The Hall–Kier alpha value is -1.86. The average molecular weight is 377 g/mol. The second kappa shape index (κ2) is 8.01. The first-order chi connectivity index (χ1) is 12.0. The van der Waals surface area contributed by atoms with E-state index in [0.717, 1.165) is 22.0 Å². The van der Waals surface area contributed by atoms with Crippen molar-refractivity contribution in [1.82, 2.24) is 9.88 Å². The Kier molecular flexibility index (Phi) is 5.75. The molecule has 1 aliphatic rings. The van der Waals surface area contributed by atoms with Gasteiger partial charge >= 0.3 is 5.97 Å². The number of carbonyl (C=O) groups excluding carboxylic acids is 1. The molecular formula is C18H20N2O3S2. The zero-order valence-electron chi connectivity index (χ0n) is 14.0. The van der Waals surface area contributed by atoms with Crippen molar-refractivity contribution in [2.24, 2.45) is 0 Å². The molecule has 3 rings (SSSR count). The first kappa shape index (κ1) is 17.9. The van der Waals surface area contributed by atoms with Crippen molar-refractivity contribution in [3.8, 4) is 10.6 Å². The van der Waals surface area contributed by atoms with Crippen molar-refractivity contribution in [2.45, 2.75) is 25.8 Å². The number of amides is 1. The summed E-state index contributed by atoms with van der Waals surface area (Å²) in [5.41, 5.74) is 2.99. The maximum atomic E-state index is 12.6. The molecular weight excluding hydrogens is 356 g/mol. The lowest BCUT2D eigenvalue weighted by Crippen LogP contribution is -2.47. The number of thiazole rings is 1. The highest BCUT2D eigenvalue weighted by Crippen LogP contribution is 2.25. The van der Waals surface area contributed by atoms with Crippen molar-refractivity contribution < 1.29 is 14.7 Å². The van der Waals surface area contributed by atoms with Crippen molar-refractivity contribution in [3.63, 3.8) is 0 Å². The van der Waals surface area contributed by atoms with Crippen LogP contribution in [-0.4, -0.2) is 51.0 Å². The third-order valence-corrected chi connectivity index (χ3v) is 6.17. The number of hydrogen-bond donors (Lipinski definition) is 1. The van der Waals surface area contributed by atoms with Crippen LogP contribution in [0.3, 0.4) is 0 Å². The van der Waals surface area contributed by atoms with Crippen molar-refractivity contribution in [2.75, 3.05) is 18.1 Å². The Morgan fingerprint density at radius 1 is 1.32 bits per heavy atom. The number of aromatic nitrogens is 1. The third kappa shape index (κ3) is 4.61. The van der Waals surface area contributed by atoms with E-state index in [4.69, 9.17) is 5.11 Å². The molecule has 5 nitrogen and oxygen atoms in total. The van der Waals surface area contributed by atoms with Gasteiger partial charge in [-0.15, -0.1) is 11.3 Å². The number of hydrogen-bond acceptors (Lipinski definition) is 5. The number of nitrogens with zero attached hydrogens (tertiary/aromatic N) is 2. The van der Waals surface area contributed by atoms with Crippen LogP contribution in [0, 0.1) is 6.92 Å². The topological polar surface area (TPSA) is 70.5 Å². The molecule has 2 aromatic rings. The van der Waals surface area contributed by atoms with E-state index in [1.807, 2.05) is 36.6 Å². The summed E-state index contributed by atoms with van der Waals surface area (Å²) < 4.78 is 0. The fraction of sp³-hybridized carbons (Fsp3) is 0.389. The molecule has 7 heteroatoms. The van der Waals surface area contributed by atoms with Crippen LogP contribution >= 0.6 is 23.1 Å². The highest BCUT2D eigenvalue weighted by atomic mass is 32.2. The standard InChI is InChI=1S/C18H20N2O3S2/c1-12-2-4-13(5-3-12)18-19-14(10-25-18)8-16(21)20-6-7-24-11-15(20)9-17(22)23/h2-5,10,15H,6-9,11H2,1H3,(H,22,23). The summed E-state index contributed by atoms with van der Waals surface area (Å²) in [6.45, 7) is 2.65. The molecule has 0 bridgehead atoms. The molecule has 1 amide bonds. The molecule has 1 aromatic carbocycles. The van der Waals surface area contributed by atoms with Gasteiger partial charge in [-0.3, -0.25) is 9.59 Å². The minimum Gasteiger partial charge on any atom is -0.481 e. The SMILES string of the molecule is Cc1ccc(-c2nc(CC(=O)N3CCSCC3CC(=O)O)cs2)cc1. The lowest BCUT2D eigenvalue weighted by atomic mass is 10.1. The number of rotatable bonds is 5. The second-order valence-electron chi connectivity index (χ2n) is 6.10. The summed E-state index contributed by atoms with van der Waals surface area (Å²) in [4.78, 5) is 30.0. The van der Waals surface area contributed by atoms with Gasteiger partial charge in [-0.1, -0.05) is 29.8 Å². The Labute approximate surface area is 155 Å². The number of carboxylic acid groups (broad SMARTS) is 1. The molecule has 1 atom stereocenters. The zero-order chi connectivity index (χ0) is 17.8. The average Bonchev–Trinajstić information content (AvgIpc) is 3.04. The van der Waals surface area contributed by atoms with Crippen molar-refractivity contribution in [1.29, 1.82) is 0 Å².